The molecule has 8 heteroatoms. The zero-order chi connectivity index (χ0) is 22.8. The van der Waals surface area contributed by atoms with Crippen LogP contribution in [0, 0.1) is 13.8 Å². The molecular weight excluding hydrogens is 414 g/mol. The highest BCUT2D eigenvalue weighted by Gasteiger charge is 2.30. The molecule has 1 aliphatic heterocycles. The summed E-state index contributed by atoms with van der Waals surface area (Å²) in [7, 11) is -3.73. The van der Waals surface area contributed by atoms with Crippen LogP contribution < -0.4 is 9.62 Å². The number of rotatable bonds is 6. The fourth-order valence-electron chi connectivity index (χ4n) is 3.99. The first-order valence-corrected chi connectivity index (χ1v) is 12.2. The first-order chi connectivity index (χ1) is 14.6. The second-order valence-electron chi connectivity index (χ2n) is 8.11. The fourth-order valence-corrected chi connectivity index (χ4v) is 5.15. The van der Waals surface area contributed by atoms with E-state index in [-0.39, 0.29) is 5.91 Å². The lowest BCUT2D eigenvalue weighted by Crippen LogP contribution is -2.45. The average Bonchev–Trinajstić information content (AvgIpc) is 3.21. The minimum Gasteiger partial charge on any atom is -0.339 e. The summed E-state index contributed by atoms with van der Waals surface area (Å²) in [4.78, 5) is 27.7. The highest BCUT2D eigenvalue weighted by molar-refractivity contribution is 7.92. The Morgan fingerprint density at radius 2 is 1.61 bits per heavy atom. The number of sulfonamides is 1. The third-order valence-corrected chi connectivity index (χ3v) is 6.60. The Morgan fingerprint density at radius 1 is 1.03 bits per heavy atom. The topological polar surface area (TPSA) is 86.8 Å². The fraction of sp³-hybridized carbons (Fsp3) is 0.391. The predicted molar refractivity (Wildman–Crippen MR) is 123 cm³/mol. The third kappa shape index (κ3) is 5.25. The molecule has 3 rings (SSSR count). The molecule has 0 aromatic heterocycles. The molecule has 0 bridgehead atoms. The molecule has 0 aliphatic carbocycles. The number of carbonyl (C=O) groups excluding carboxylic acids is 2. The number of para-hydroxylation sites is 1. The summed E-state index contributed by atoms with van der Waals surface area (Å²) < 4.78 is 26.3. The standard InChI is InChI=1S/C23H29N3O4S/c1-16-13-17(2)15-19(14-16)26(31(4,29)30)18(3)22(27)24-21-10-6-5-9-20(21)23(28)25-11-7-8-12-25/h5-6,9-10,13-15,18H,7-8,11-12H2,1-4H3,(H,24,27)/t18-/m1/s1. The van der Waals surface area contributed by atoms with Crippen molar-refractivity contribution in [1.82, 2.24) is 4.90 Å². The van der Waals surface area contributed by atoms with E-state index < -0.39 is 22.0 Å². The molecule has 2 aromatic carbocycles. The van der Waals surface area contributed by atoms with Gasteiger partial charge in [-0.3, -0.25) is 13.9 Å². The molecule has 0 saturated carbocycles. The minimum atomic E-state index is -3.73. The van der Waals surface area contributed by atoms with Gasteiger partial charge in [-0.1, -0.05) is 18.2 Å². The van der Waals surface area contributed by atoms with E-state index in [1.807, 2.05) is 19.9 Å². The van der Waals surface area contributed by atoms with Crippen LogP contribution in [0.2, 0.25) is 0 Å². The summed E-state index contributed by atoms with van der Waals surface area (Å²) in [6.45, 7) is 6.70. The Labute approximate surface area is 184 Å². The van der Waals surface area contributed by atoms with Crippen LogP contribution in [0.4, 0.5) is 11.4 Å². The second-order valence-corrected chi connectivity index (χ2v) is 9.97. The van der Waals surface area contributed by atoms with Crippen molar-refractivity contribution in [3.8, 4) is 0 Å². The molecule has 1 saturated heterocycles. The lowest BCUT2D eigenvalue weighted by Gasteiger charge is -2.29. The molecule has 1 fully saturated rings. The van der Waals surface area contributed by atoms with Gasteiger partial charge < -0.3 is 10.2 Å². The van der Waals surface area contributed by atoms with E-state index in [4.69, 9.17) is 0 Å². The van der Waals surface area contributed by atoms with Gasteiger partial charge in [0.2, 0.25) is 15.9 Å². The number of amides is 2. The van der Waals surface area contributed by atoms with E-state index in [2.05, 4.69) is 5.32 Å². The molecular formula is C23H29N3O4S. The van der Waals surface area contributed by atoms with Crippen molar-refractivity contribution in [3.05, 3.63) is 59.2 Å². The summed E-state index contributed by atoms with van der Waals surface area (Å²) in [6, 6.07) is 11.2. The van der Waals surface area contributed by atoms with Gasteiger partial charge in [-0.15, -0.1) is 0 Å². The molecule has 0 unspecified atom stereocenters. The number of benzene rings is 2. The van der Waals surface area contributed by atoms with Crippen molar-refractivity contribution in [2.45, 2.75) is 39.7 Å². The molecule has 31 heavy (non-hydrogen) atoms. The van der Waals surface area contributed by atoms with Crippen LogP contribution >= 0.6 is 0 Å². The summed E-state index contributed by atoms with van der Waals surface area (Å²) >= 11 is 0. The molecule has 1 atom stereocenters. The number of hydrogen-bond acceptors (Lipinski definition) is 4. The number of carbonyl (C=O) groups is 2. The van der Waals surface area contributed by atoms with E-state index in [1.54, 1.807) is 48.2 Å². The Kier molecular flexibility index (Phi) is 6.69. The van der Waals surface area contributed by atoms with Gasteiger partial charge in [-0.25, -0.2) is 8.42 Å². The van der Waals surface area contributed by atoms with Crippen LogP contribution in [-0.2, 0) is 14.8 Å². The van der Waals surface area contributed by atoms with Crippen molar-refractivity contribution in [2.24, 2.45) is 0 Å². The zero-order valence-electron chi connectivity index (χ0n) is 18.4. The molecule has 2 aromatic rings. The zero-order valence-corrected chi connectivity index (χ0v) is 19.2. The molecule has 166 valence electrons. The SMILES string of the molecule is Cc1cc(C)cc(N([C@H](C)C(=O)Nc2ccccc2C(=O)N2CCCC2)S(C)(=O)=O)c1. The summed E-state index contributed by atoms with van der Waals surface area (Å²) in [5, 5.41) is 2.77. The smallest absolute Gasteiger partial charge is 0.255 e. The van der Waals surface area contributed by atoms with Gasteiger partial charge in [-0.05, 0) is 69.0 Å². The Morgan fingerprint density at radius 3 is 2.19 bits per heavy atom. The monoisotopic (exact) mass is 443 g/mol. The summed E-state index contributed by atoms with van der Waals surface area (Å²) in [5.74, 6) is -0.637. The highest BCUT2D eigenvalue weighted by atomic mass is 32.2. The molecule has 1 N–H and O–H groups in total. The first-order valence-electron chi connectivity index (χ1n) is 10.3. The number of likely N-dealkylation sites (tertiary alicyclic amines) is 1. The van der Waals surface area contributed by atoms with E-state index in [9.17, 15) is 18.0 Å². The minimum absolute atomic E-state index is 0.129. The lowest BCUT2D eigenvalue weighted by atomic mass is 10.1. The van der Waals surface area contributed by atoms with Gasteiger partial charge >= 0.3 is 0 Å². The predicted octanol–water partition coefficient (Wildman–Crippen LogP) is 3.33. The van der Waals surface area contributed by atoms with Gasteiger partial charge in [0, 0.05) is 13.1 Å². The maximum Gasteiger partial charge on any atom is 0.255 e. The molecule has 1 heterocycles. The number of aryl methyl sites for hydroxylation is 2. The quantitative estimate of drug-likeness (QED) is 0.742. The van der Waals surface area contributed by atoms with Crippen molar-refractivity contribution in [2.75, 3.05) is 29.0 Å². The molecule has 0 spiro atoms. The van der Waals surface area contributed by atoms with Crippen molar-refractivity contribution in [1.29, 1.82) is 0 Å². The van der Waals surface area contributed by atoms with Crippen LogP contribution in [0.3, 0.4) is 0 Å². The Bertz CT molecular complexity index is 1070. The molecule has 2 amide bonds. The van der Waals surface area contributed by atoms with Crippen LogP contribution in [0.5, 0.6) is 0 Å². The summed E-state index contributed by atoms with van der Waals surface area (Å²) in [5.41, 5.74) is 3.02. The normalized spacial score (nSPS) is 14.9. The number of nitrogens with one attached hydrogen (secondary N) is 1. The molecule has 0 radical (unpaired) electrons. The van der Waals surface area contributed by atoms with E-state index in [0.717, 1.165) is 34.5 Å². The third-order valence-electron chi connectivity index (χ3n) is 5.36. The van der Waals surface area contributed by atoms with Crippen LogP contribution in [0.25, 0.3) is 0 Å². The molecule has 7 nitrogen and oxygen atoms in total. The Hall–Kier alpha value is -2.87. The number of anilines is 2. The van der Waals surface area contributed by atoms with Gasteiger partial charge in [0.1, 0.15) is 6.04 Å². The summed E-state index contributed by atoms with van der Waals surface area (Å²) in [6.07, 6.45) is 3.02. The van der Waals surface area contributed by atoms with Gasteiger partial charge in [0.15, 0.2) is 0 Å². The van der Waals surface area contributed by atoms with Gasteiger partial charge in [-0.2, -0.15) is 0 Å². The highest BCUT2D eigenvalue weighted by Crippen LogP contribution is 2.25. The number of hydrogen-bond donors (Lipinski definition) is 1. The van der Waals surface area contributed by atoms with Gasteiger partial charge in [0.25, 0.3) is 5.91 Å². The van der Waals surface area contributed by atoms with Crippen LogP contribution in [0.15, 0.2) is 42.5 Å². The first kappa shape index (κ1) is 22.8. The van der Waals surface area contributed by atoms with Crippen molar-refractivity contribution in [3.63, 3.8) is 0 Å². The van der Waals surface area contributed by atoms with Crippen molar-refractivity contribution >= 4 is 33.2 Å². The van der Waals surface area contributed by atoms with Crippen LogP contribution in [-0.4, -0.2) is 50.5 Å². The van der Waals surface area contributed by atoms with E-state index in [0.29, 0.717) is 30.0 Å². The maximum atomic E-state index is 13.1. The van der Waals surface area contributed by atoms with Crippen molar-refractivity contribution < 1.29 is 18.0 Å². The molecule has 1 aliphatic rings. The maximum absolute atomic E-state index is 13.1. The lowest BCUT2D eigenvalue weighted by molar-refractivity contribution is -0.116. The van der Waals surface area contributed by atoms with Gasteiger partial charge in [0.05, 0.1) is 23.2 Å². The van der Waals surface area contributed by atoms with E-state index in [1.165, 1.54) is 0 Å². The number of nitrogens with zero attached hydrogens (tertiary/aromatic N) is 2. The van der Waals surface area contributed by atoms with E-state index >= 15 is 0 Å². The van der Waals surface area contributed by atoms with Crippen LogP contribution in [0.1, 0.15) is 41.3 Å². The average molecular weight is 444 g/mol. The largest absolute Gasteiger partial charge is 0.339 e. The Balaban J connectivity index is 1.89. The second kappa shape index (κ2) is 9.09.